The van der Waals surface area contributed by atoms with Crippen LogP contribution in [0, 0.1) is 5.82 Å². The SMILES string of the molecule is CNCc1cccc(C(O)c2cc(Br)ccc2F)c1. The molecule has 0 aliphatic carbocycles. The van der Waals surface area contributed by atoms with Crippen molar-refractivity contribution >= 4 is 15.9 Å². The molecule has 19 heavy (non-hydrogen) atoms. The summed E-state index contributed by atoms with van der Waals surface area (Å²) < 4.78 is 14.5. The maximum atomic E-state index is 13.8. The molecule has 1 atom stereocenters. The molecule has 0 saturated heterocycles. The van der Waals surface area contributed by atoms with Gasteiger partial charge < -0.3 is 10.4 Å². The van der Waals surface area contributed by atoms with Gasteiger partial charge in [0.25, 0.3) is 0 Å². The summed E-state index contributed by atoms with van der Waals surface area (Å²) in [6.45, 7) is 0.710. The van der Waals surface area contributed by atoms with E-state index in [9.17, 15) is 9.50 Å². The van der Waals surface area contributed by atoms with E-state index in [-0.39, 0.29) is 5.56 Å². The Balaban J connectivity index is 2.35. The molecule has 0 radical (unpaired) electrons. The highest BCUT2D eigenvalue weighted by Gasteiger charge is 2.15. The molecule has 2 rings (SSSR count). The Hall–Kier alpha value is -1.23. The Morgan fingerprint density at radius 1 is 1.26 bits per heavy atom. The molecular formula is C15H15BrFNO. The average Bonchev–Trinajstić information content (AvgIpc) is 2.41. The Morgan fingerprint density at radius 2 is 2.05 bits per heavy atom. The van der Waals surface area contributed by atoms with Gasteiger partial charge in [-0.2, -0.15) is 0 Å². The number of hydrogen-bond donors (Lipinski definition) is 2. The first-order chi connectivity index (χ1) is 9.11. The Bertz CT molecular complexity index is 574. The quantitative estimate of drug-likeness (QED) is 0.904. The molecule has 0 aliphatic rings. The van der Waals surface area contributed by atoms with Crippen molar-refractivity contribution < 1.29 is 9.50 Å². The number of hydrogen-bond acceptors (Lipinski definition) is 2. The highest BCUT2D eigenvalue weighted by molar-refractivity contribution is 9.10. The fourth-order valence-corrected chi connectivity index (χ4v) is 2.36. The van der Waals surface area contributed by atoms with Crippen molar-refractivity contribution in [2.24, 2.45) is 0 Å². The van der Waals surface area contributed by atoms with Gasteiger partial charge in [-0.05, 0) is 36.4 Å². The number of halogens is 2. The van der Waals surface area contributed by atoms with Gasteiger partial charge in [-0.1, -0.05) is 40.2 Å². The maximum Gasteiger partial charge on any atom is 0.129 e. The summed E-state index contributed by atoms with van der Waals surface area (Å²) >= 11 is 3.29. The van der Waals surface area contributed by atoms with Crippen LogP contribution in [-0.2, 0) is 6.54 Å². The highest BCUT2D eigenvalue weighted by Crippen LogP contribution is 2.27. The van der Waals surface area contributed by atoms with Crippen LogP contribution in [-0.4, -0.2) is 12.2 Å². The summed E-state index contributed by atoms with van der Waals surface area (Å²) in [6, 6.07) is 12.1. The van der Waals surface area contributed by atoms with Crippen LogP contribution in [0.1, 0.15) is 22.8 Å². The first-order valence-corrected chi connectivity index (χ1v) is 6.77. The summed E-state index contributed by atoms with van der Waals surface area (Å²) in [7, 11) is 1.86. The number of nitrogens with one attached hydrogen (secondary N) is 1. The zero-order valence-electron chi connectivity index (χ0n) is 10.5. The summed E-state index contributed by atoms with van der Waals surface area (Å²) in [5, 5.41) is 13.4. The smallest absolute Gasteiger partial charge is 0.129 e. The van der Waals surface area contributed by atoms with Gasteiger partial charge in [-0.25, -0.2) is 4.39 Å². The first-order valence-electron chi connectivity index (χ1n) is 5.98. The molecule has 2 N–H and O–H groups in total. The molecule has 100 valence electrons. The lowest BCUT2D eigenvalue weighted by atomic mass is 9.99. The number of aliphatic hydroxyl groups excluding tert-OH is 1. The molecule has 4 heteroatoms. The van der Waals surface area contributed by atoms with E-state index in [4.69, 9.17) is 0 Å². The van der Waals surface area contributed by atoms with Crippen molar-refractivity contribution in [1.82, 2.24) is 5.32 Å². The second-order valence-corrected chi connectivity index (χ2v) is 5.26. The molecule has 0 bridgehead atoms. The van der Waals surface area contributed by atoms with Crippen molar-refractivity contribution in [3.8, 4) is 0 Å². The van der Waals surface area contributed by atoms with Gasteiger partial charge in [-0.15, -0.1) is 0 Å². The lowest BCUT2D eigenvalue weighted by Crippen LogP contribution is -2.07. The van der Waals surface area contributed by atoms with E-state index in [0.717, 1.165) is 10.0 Å². The second kappa shape index (κ2) is 6.28. The van der Waals surface area contributed by atoms with Crippen LogP contribution in [0.25, 0.3) is 0 Å². The normalized spacial score (nSPS) is 12.4. The van der Waals surface area contributed by atoms with Gasteiger partial charge in [0.15, 0.2) is 0 Å². The minimum absolute atomic E-state index is 0.274. The van der Waals surface area contributed by atoms with Crippen LogP contribution in [0.2, 0.25) is 0 Å². The van der Waals surface area contributed by atoms with Crippen LogP contribution in [0.3, 0.4) is 0 Å². The number of benzene rings is 2. The summed E-state index contributed by atoms with van der Waals surface area (Å²) in [6.07, 6.45) is -0.964. The Kier molecular flexibility index (Phi) is 4.69. The van der Waals surface area contributed by atoms with Crippen LogP contribution in [0.15, 0.2) is 46.9 Å². The predicted octanol–water partition coefficient (Wildman–Crippen LogP) is 3.39. The van der Waals surface area contributed by atoms with Gasteiger partial charge in [0.1, 0.15) is 11.9 Å². The standard InChI is InChI=1S/C15H15BrFNO/c1-18-9-10-3-2-4-11(7-10)15(19)13-8-12(16)5-6-14(13)17/h2-8,15,18-19H,9H2,1H3. The number of aliphatic hydroxyl groups is 1. The van der Waals surface area contributed by atoms with Crippen LogP contribution < -0.4 is 5.32 Å². The molecule has 2 nitrogen and oxygen atoms in total. The van der Waals surface area contributed by atoms with Gasteiger partial charge in [0.2, 0.25) is 0 Å². The highest BCUT2D eigenvalue weighted by atomic mass is 79.9. The van der Waals surface area contributed by atoms with Crippen LogP contribution in [0.4, 0.5) is 4.39 Å². The summed E-state index contributed by atoms with van der Waals surface area (Å²) in [5.41, 5.74) is 2.01. The topological polar surface area (TPSA) is 32.3 Å². The maximum absolute atomic E-state index is 13.8. The molecule has 0 fully saturated rings. The second-order valence-electron chi connectivity index (χ2n) is 4.34. The molecule has 0 aromatic heterocycles. The van der Waals surface area contributed by atoms with Crippen molar-refractivity contribution in [3.63, 3.8) is 0 Å². The molecule has 0 spiro atoms. The van der Waals surface area contributed by atoms with Crippen molar-refractivity contribution in [3.05, 3.63) is 69.4 Å². The molecule has 2 aromatic carbocycles. The minimum Gasteiger partial charge on any atom is -0.384 e. The monoisotopic (exact) mass is 323 g/mol. The van der Waals surface area contributed by atoms with Crippen molar-refractivity contribution in [2.45, 2.75) is 12.6 Å². The predicted molar refractivity (Wildman–Crippen MR) is 77.4 cm³/mol. The van der Waals surface area contributed by atoms with Gasteiger partial charge in [0, 0.05) is 16.6 Å². The van der Waals surface area contributed by atoms with Gasteiger partial charge >= 0.3 is 0 Å². The Labute approximate surface area is 120 Å². The van der Waals surface area contributed by atoms with Gasteiger partial charge in [-0.3, -0.25) is 0 Å². The Morgan fingerprint density at radius 3 is 2.79 bits per heavy atom. The van der Waals surface area contributed by atoms with E-state index >= 15 is 0 Å². The fraction of sp³-hybridized carbons (Fsp3) is 0.200. The van der Waals surface area contributed by atoms with Gasteiger partial charge in [0.05, 0.1) is 0 Å². The summed E-state index contributed by atoms with van der Waals surface area (Å²) in [4.78, 5) is 0. The minimum atomic E-state index is -0.964. The molecule has 2 aromatic rings. The van der Waals surface area contributed by atoms with E-state index < -0.39 is 11.9 Å². The number of rotatable bonds is 4. The molecule has 0 amide bonds. The molecular weight excluding hydrogens is 309 g/mol. The lowest BCUT2D eigenvalue weighted by Gasteiger charge is -2.14. The van der Waals surface area contributed by atoms with E-state index in [1.165, 1.54) is 6.07 Å². The van der Waals surface area contributed by atoms with E-state index in [1.807, 2.05) is 25.2 Å². The lowest BCUT2D eigenvalue weighted by molar-refractivity contribution is 0.215. The van der Waals surface area contributed by atoms with E-state index in [0.29, 0.717) is 12.1 Å². The van der Waals surface area contributed by atoms with Crippen LogP contribution in [0.5, 0.6) is 0 Å². The third kappa shape index (κ3) is 3.41. The van der Waals surface area contributed by atoms with Crippen LogP contribution >= 0.6 is 15.9 Å². The summed E-state index contributed by atoms with van der Waals surface area (Å²) in [5.74, 6) is -0.408. The van der Waals surface area contributed by atoms with Crippen molar-refractivity contribution in [2.75, 3.05) is 7.05 Å². The van der Waals surface area contributed by atoms with Crippen molar-refractivity contribution in [1.29, 1.82) is 0 Å². The third-order valence-electron chi connectivity index (χ3n) is 2.90. The van der Waals surface area contributed by atoms with E-state index in [1.54, 1.807) is 18.2 Å². The third-order valence-corrected chi connectivity index (χ3v) is 3.39. The molecule has 0 aliphatic heterocycles. The zero-order valence-corrected chi connectivity index (χ0v) is 12.1. The zero-order chi connectivity index (χ0) is 13.8. The van der Waals surface area contributed by atoms with E-state index in [2.05, 4.69) is 21.2 Å². The average molecular weight is 324 g/mol. The molecule has 1 unspecified atom stereocenters. The largest absolute Gasteiger partial charge is 0.384 e. The first kappa shape index (κ1) is 14.2. The molecule has 0 heterocycles. The fourth-order valence-electron chi connectivity index (χ4n) is 1.98. The molecule has 0 saturated carbocycles.